The van der Waals surface area contributed by atoms with E-state index < -0.39 is 5.97 Å². The van der Waals surface area contributed by atoms with Crippen LogP contribution in [0.5, 0.6) is 0 Å². The Morgan fingerprint density at radius 3 is 2.93 bits per heavy atom. The lowest BCUT2D eigenvalue weighted by Crippen LogP contribution is -1.95. The van der Waals surface area contributed by atoms with Crippen LogP contribution >= 0.6 is 11.3 Å². The fourth-order valence-corrected chi connectivity index (χ4v) is 1.60. The molecule has 5 nitrogen and oxygen atoms in total. The van der Waals surface area contributed by atoms with Crippen LogP contribution in [0.3, 0.4) is 0 Å². The van der Waals surface area contributed by atoms with E-state index in [0.717, 1.165) is 5.01 Å². The Morgan fingerprint density at radius 1 is 1.64 bits per heavy atom. The molecule has 2 rings (SSSR count). The normalized spacial score (nSPS) is 10.4. The van der Waals surface area contributed by atoms with Crippen molar-refractivity contribution in [2.45, 2.75) is 6.92 Å². The summed E-state index contributed by atoms with van der Waals surface area (Å²) in [6.07, 6.45) is 2.74. The Labute approximate surface area is 83.6 Å². The van der Waals surface area contributed by atoms with Gasteiger partial charge in [0.2, 0.25) is 0 Å². The zero-order valence-corrected chi connectivity index (χ0v) is 8.15. The fourth-order valence-electron chi connectivity index (χ4n) is 1.02. The monoisotopic (exact) mass is 209 g/mol. The smallest absolute Gasteiger partial charge is 0.338 e. The van der Waals surface area contributed by atoms with Gasteiger partial charge in [-0.05, 0) is 6.92 Å². The van der Waals surface area contributed by atoms with Crippen LogP contribution < -0.4 is 0 Å². The second-order valence-corrected chi connectivity index (χ2v) is 3.77. The van der Waals surface area contributed by atoms with Crippen LogP contribution in [0.15, 0.2) is 17.8 Å². The number of hydrogen-bond donors (Lipinski definition) is 1. The van der Waals surface area contributed by atoms with Gasteiger partial charge < -0.3 is 5.11 Å². The van der Waals surface area contributed by atoms with Gasteiger partial charge in [0.25, 0.3) is 0 Å². The SMILES string of the molecule is Cc1nc(-n2cc(C(=O)O)cn2)cs1. The third kappa shape index (κ3) is 1.51. The number of carboxylic acid groups (broad SMARTS) is 1. The Balaban J connectivity index is 2.38. The maximum Gasteiger partial charge on any atom is 0.338 e. The largest absolute Gasteiger partial charge is 0.478 e. The highest BCUT2D eigenvalue weighted by molar-refractivity contribution is 7.09. The molecule has 6 heteroatoms. The summed E-state index contributed by atoms with van der Waals surface area (Å²) in [4.78, 5) is 14.8. The lowest BCUT2D eigenvalue weighted by molar-refractivity contribution is 0.0697. The number of aromatic carboxylic acids is 1. The van der Waals surface area contributed by atoms with E-state index >= 15 is 0 Å². The van der Waals surface area contributed by atoms with Crippen molar-refractivity contribution < 1.29 is 9.90 Å². The van der Waals surface area contributed by atoms with Crippen LogP contribution in [0, 0.1) is 6.92 Å². The molecule has 0 spiro atoms. The molecule has 0 aliphatic heterocycles. The van der Waals surface area contributed by atoms with E-state index in [2.05, 4.69) is 10.1 Å². The number of rotatable bonds is 2. The van der Waals surface area contributed by atoms with E-state index in [0.29, 0.717) is 5.82 Å². The van der Waals surface area contributed by atoms with Gasteiger partial charge >= 0.3 is 5.97 Å². The van der Waals surface area contributed by atoms with Crippen molar-refractivity contribution in [3.05, 3.63) is 28.3 Å². The molecule has 0 radical (unpaired) electrons. The number of carboxylic acids is 1. The van der Waals surface area contributed by atoms with Crippen molar-refractivity contribution in [2.24, 2.45) is 0 Å². The van der Waals surface area contributed by atoms with Gasteiger partial charge in [0, 0.05) is 11.6 Å². The molecule has 0 aliphatic carbocycles. The standard InChI is InChI=1S/C8H7N3O2S/c1-5-10-7(4-14-5)11-3-6(2-9-11)8(12)13/h2-4H,1H3,(H,12,13). The summed E-state index contributed by atoms with van der Waals surface area (Å²) in [5.74, 6) is -0.330. The quantitative estimate of drug-likeness (QED) is 0.810. The molecule has 72 valence electrons. The van der Waals surface area contributed by atoms with E-state index in [1.54, 1.807) is 0 Å². The van der Waals surface area contributed by atoms with Gasteiger partial charge in [0.15, 0.2) is 5.82 Å². The highest BCUT2D eigenvalue weighted by Gasteiger charge is 2.08. The topological polar surface area (TPSA) is 68.0 Å². The molecule has 0 saturated heterocycles. The van der Waals surface area contributed by atoms with Gasteiger partial charge in [-0.3, -0.25) is 0 Å². The summed E-state index contributed by atoms with van der Waals surface area (Å²) in [5.41, 5.74) is 0.163. The van der Waals surface area contributed by atoms with E-state index in [1.165, 1.54) is 28.4 Å². The number of hydrogen-bond acceptors (Lipinski definition) is 4. The van der Waals surface area contributed by atoms with E-state index in [4.69, 9.17) is 5.11 Å². The van der Waals surface area contributed by atoms with Crippen molar-refractivity contribution in [3.8, 4) is 5.82 Å². The molecule has 2 aromatic rings. The summed E-state index contributed by atoms with van der Waals surface area (Å²) >= 11 is 1.50. The maximum absolute atomic E-state index is 10.6. The van der Waals surface area contributed by atoms with E-state index in [1.807, 2.05) is 12.3 Å². The van der Waals surface area contributed by atoms with Crippen LogP contribution in [0.4, 0.5) is 0 Å². The van der Waals surface area contributed by atoms with Crippen LogP contribution in [-0.2, 0) is 0 Å². The first-order chi connectivity index (χ1) is 6.66. The Morgan fingerprint density at radius 2 is 2.43 bits per heavy atom. The van der Waals surface area contributed by atoms with Crippen molar-refractivity contribution in [3.63, 3.8) is 0 Å². The van der Waals surface area contributed by atoms with Crippen LogP contribution in [0.1, 0.15) is 15.4 Å². The predicted molar refractivity (Wildman–Crippen MR) is 50.9 cm³/mol. The molecule has 0 saturated carbocycles. The molecule has 0 amide bonds. The lowest BCUT2D eigenvalue weighted by atomic mass is 10.4. The maximum atomic E-state index is 10.6. The van der Waals surface area contributed by atoms with Gasteiger partial charge in [0.05, 0.1) is 16.8 Å². The second-order valence-electron chi connectivity index (χ2n) is 2.70. The first-order valence-electron chi connectivity index (χ1n) is 3.87. The Kier molecular flexibility index (Phi) is 2.05. The minimum Gasteiger partial charge on any atom is -0.478 e. The third-order valence-corrected chi connectivity index (χ3v) is 2.43. The Bertz CT molecular complexity index is 474. The zero-order valence-electron chi connectivity index (χ0n) is 7.34. The zero-order chi connectivity index (χ0) is 10.1. The number of aromatic nitrogens is 3. The molecule has 2 heterocycles. The fraction of sp³-hybridized carbons (Fsp3) is 0.125. The molecule has 0 aromatic carbocycles. The van der Waals surface area contributed by atoms with Crippen molar-refractivity contribution in [1.29, 1.82) is 0 Å². The predicted octanol–water partition coefficient (Wildman–Crippen LogP) is 1.34. The second kappa shape index (κ2) is 3.22. The highest BCUT2D eigenvalue weighted by atomic mass is 32.1. The van der Waals surface area contributed by atoms with Crippen LogP contribution in [-0.4, -0.2) is 25.8 Å². The van der Waals surface area contributed by atoms with Crippen LogP contribution in [0.2, 0.25) is 0 Å². The molecule has 0 aliphatic rings. The average molecular weight is 209 g/mol. The third-order valence-electron chi connectivity index (χ3n) is 1.67. The molecule has 0 fully saturated rings. The summed E-state index contributed by atoms with van der Waals surface area (Å²) < 4.78 is 1.45. The minimum atomic E-state index is -0.983. The first-order valence-corrected chi connectivity index (χ1v) is 4.75. The molecule has 2 aromatic heterocycles. The summed E-state index contributed by atoms with van der Waals surface area (Å²) in [7, 11) is 0. The van der Waals surface area contributed by atoms with Gasteiger partial charge in [-0.25, -0.2) is 14.5 Å². The molecule has 0 unspecified atom stereocenters. The molecular weight excluding hydrogens is 202 g/mol. The van der Waals surface area contributed by atoms with Gasteiger partial charge in [-0.2, -0.15) is 5.10 Å². The summed E-state index contributed by atoms with van der Waals surface area (Å²) in [6.45, 7) is 1.88. The van der Waals surface area contributed by atoms with Gasteiger partial charge in [-0.15, -0.1) is 11.3 Å². The highest BCUT2D eigenvalue weighted by Crippen LogP contribution is 2.12. The van der Waals surface area contributed by atoms with Crippen molar-refractivity contribution in [2.75, 3.05) is 0 Å². The van der Waals surface area contributed by atoms with E-state index in [9.17, 15) is 4.79 Å². The van der Waals surface area contributed by atoms with Crippen LogP contribution in [0.25, 0.3) is 5.82 Å². The molecule has 0 bridgehead atoms. The lowest BCUT2D eigenvalue weighted by Gasteiger charge is -1.91. The summed E-state index contributed by atoms with van der Waals surface area (Å²) in [5, 5.41) is 15.3. The van der Waals surface area contributed by atoms with Gasteiger partial charge in [-0.1, -0.05) is 0 Å². The van der Waals surface area contributed by atoms with Crippen molar-refractivity contribution >= 4 is 17.3 Å². The number of aryl methyl sites for hydroxylation is 1. The number of thiazole rings is 1. The first kappa shape index (κ1) is 8.89. The number of nitrogens with zero attached hydrogens (tertiary/aromatic N) is 3. The van der Waals surface area contributed by atoms with Crippen molar-refractivity contribution in [1.82, 2.24) is 14.8 Å². The average Bonchev–Trinajstić information content (AvgIpc) is 2.70. The molecule has 0 atom stereocenters. The summed E-state index contributed by atoms with van der Waals surface area (Å²) in [6, 6.07) is 0. The number of carbonyl (C=O) groups is 1. The van der Waals surface area contributed by atoms with Gasteiger partial charge in [0.1, 0.15) is 0 Å². The van der Waals surface area contributed by atoms with E-state index in [-0.39, 0.29) is 5.56 Å². The molecule has 1 N–H and O–H groups in total. The minimum absolute atomic E-state index is 0.163. The molecule has 14 heavy (non-hydrogen) atoms. The Hall–Kier alpha value is -1.69. The molecular formula is C8H7N3O2S.